The summed E-state index contributed by atoms with van der Waals surface area (Å²) < 4.78 is 89.9. The van der Waals surface area contributed by atoms with Crippen molar-refractivity contribution in [1.82, 2.24) is 4.90 Å². The number of rotatable bonds is 6. The number of morpholine rings is 1. The fourth-order valence-corrected chi connectivity index (χ4v) is 4.38. The van der Waals surface area contributed by atoms with Crippen LogP contribution in [0.3, 0.4) is 0 Å². The molecule has 2 N–H and O–H groups in total. The molecule has 3 aromatic carbocycles. The minimum Gasteiger partial charge on any atom is -0.423 e. The van der Waals surface area contributed by atoms with Crippen LogP contribution < -0.4 is 27.1 Å². The van der Waals surface area contributed by atoms with Crippen molar-refractivity contribution in [2.24, 2.45) is 0 Å². The molecule has 0 atom stereocenters. The number of ether oxygens (including phenoxy) is 1. The highest BCUT2D eigenvalue weighted by Gasteiger charge is 2.37. The number of halogens is 6. The molecular weight excluding hydrogens is 548 g/mol. The molecule has 1 fully saturated rings. The van der Waals surface area contributed by atoms with E-state index in [9.17, 15) is 40.7 Å². The molecule has 0 bridgehead atoms. The van der Waals surface area contributed by atoms with E-state index in [0.29, 0.717) is 55.9 Å². The van der Waals surface area contributed by atoms with E-state index < -0.39 is 51.3 Å². The summed E-state index contributed by atoms with van der Waals surface area (Å²) in [5.74, 6) is 0. The zero-order valence-corrected chi connectivity index (χ0v) is 20.3. The van der Waals surface area contributed by atoms with Crippen LogP contribution in [-0.2, 0) is 23.6 Å². The number of fused-ring (bicyclic) bond motifs is 1. The van der Waals surface area contributed by atoms with E-state index >= 15 is 0 Å². The van der Waals surface area contributed by atoms with Gasteiger partial charge in [0.1, 0.15) is 17.0 Å². The van der Waals surface area contributed by atoms with Gasteiger partial charge < -0.3 is 19.8 Å². The lowest BCUT2D eigenvalue weighted by atomic mass is 10.1. The molecule has 0 unspecified atom stereocenters. The normalized spacial score (nSPS) is 15.1. The van der Waals surface area contributed by atoms with Gasteiger partial charge in [0.2, 0.25) is 0 Å². The van der Waals surface area contributed by atoms with Crippen LogP contribution in [0.5, 0.6) is 0 Å². The molecule has 1 aliphatic rings. The van der Waals surface area contributed by atoms with Gasteiger partial charge in [-0.3, -0.25) is 14.5 Å². The molecule has 0 spiro atoms. The summed E-state index contributed by atoms with van der Waals surface area (Å²) in [6, 6.07) is 6.66. The number of hydrogen-bond acceptors (Lipinski definition) is 8. The summed E-state index contributed by atoms with van der Waals surface area (Å²) in [6.07, 6.45) is -10.2. The zero-order valence-electron chi connectivity index (χ0n) is 20.3. The molecular formula is C26H19F6N3O5. The quantitative estimate of drug-likeness (QED) is 0.196. The topological polar surface area (TPSA) is 101 Å². The van der Waals surface area contributed by atoms with Crippen molar-refractivity contribution in [3.8, 4) is 0 Å². The van der Waals surface area contributed by atoms with Gasteiger partial charge in [0.25, 0.3) is 10.9 Å². The molecule has 5 rings (SSSR count). The molecule has 0 amide bonds. The molecule has 0 saturated carbocycles. The fourth-order valence-electron chi connectivity index (χ4n) is 4.38. The SMILES string of the molecule is O=c1cc(CN2CCOCC2)c2ccc(Nc3c(Nc4cc(C(F)(F)F)cc(C(F)(F)F)c4)c(=O)c3=O)cc2o1. The smallest absolute Gasteiger partial charge is 0.416 e. The Kier molecular flexibility index (Phi) is 6.92. The molecule has 1 aromatic heterocycles. The fraction of sp³-hybridized carbons (Fsp3) is 0.269. The van der Waals surface area contributed by atoms with E-state index in [-0.39, 0.29) is 23.0 Å². The first-order valence-corrected chi connectivity index (χ1v) is 11.8. The highest BCUT2D eigenvalue weighted by Crippen LogP contribution is 2.38. The van der Waals surface area contributed by atoms with Gasteiger partial charge in [0, 0.05) is 48.5 Å². The highest BCUT2D eigenvalue weighted by molar-refractivity contribution is 5.87. The van der Waals surface area contributed by atoms with Crippen LogP contribution in [0.2, 0.25) is 0 Å². The second kappa shape index (κ2) is 10.1. The number of alkyl halides is 6. The molecule has 2 heterocycles. The van der Waals surface area contributed by atoms with Gasteiger partial charge >= 0.3 is 18.0 Å². The summed E-state index contributed by atoms with van der Waals surface area (Å²) in [6.45, 7) is 2.93. The minimum atomic E-state index is -5.10. The van der Waals surface area contributed by atoms with E-state index in [4.69, 9.17) is 9.15 Å². The Balaban J connectivity index is 1.44. The lowest BCUT2D eigenvalue weighted by molar-refractivity contribution is -0.143. The molecule has 1 aliphatic heterocycles. The number of nitrogens with zero attached hydrogens (tertiary/aromatic N) is 1. The second-order valence-electron chi connectivity index (χ2n) is 9.14. The predicted octanol–water partition coefficient (Wildman–Crippen LogP) is 4.75. The van der Waals surface area contributed by atoms with E-state index in [1.807, 2.05) is 0 Å². The van der Waals surface area contributed by atoms with Crippen molar-refractivity contribution in [3.05, 3.63) is 90.0 Å². The first-order chi connectivity index (χ1) is 18.8. The minimum absolute atomic E-state index is 0.0529. The summed E-state index contributed by atoms with van der Waals surface area (Å²) in [4.78, 5) is 38.7. The molecule has 40 heavy (non-hydrogen) atoms. The predicted molar refractivity (Wildman–Crippen MR) is 133 cm³/mol. The largest absolute Gasteiger partial charge is 0.423 e. The molecule has 0 aliphatic carbocycles. The molecule has 1 saturated heterocycles. The maximum absolute atomic E-state index is 13.2. The van der Waals surface area contributed by atoms with Crippen LogP contribution in [0.4, 0.5) is 49.1 Å². The van der Waals surface area contributed by atoms with Crippen molar-refractivity contribution in [3.63, 3.8) is 0 Å². The first kappa shape index (κ1) is 27.4. The standard InChI is InChI=1S/C26H19F6N3O5/c27-25(28,29)14-8-15(26(30,31)32)10-17(9-14)34-22-21(23(37)24(22)38)33-16-1-2-18-13(7-20(36)40-19(18)11-16)12-35-3-5-39-6-4-35/h1-2,7-11,33-34H,3-6,12H2. The first-order valence-electron chi connectivity index (χ1n) is 11.8. The lowest BCUT2D eigenvalue weighted by Crippen LogP contribution is -2.36. The van der Waals surface area contributed by atoms with Crippen LogP contribution in [0.25, 0.3) is 11.0 Å². The summed E-state index contributed by atoms with van der Waals surface area (Å²) in [5, 5.41) is 5.47. The third kappa shape index (κ3) is 5.58. The number of hydrogen-bond donors (Lipinski definition) is 2. The van der Waals surface area contributed by atoms with Crippen molar-refractivity contribution >= 4 is 33.7 Å². The van der Waals surface area contributed by atoms with Crippen LogP contribution in [0.15, 0.2) is 61.3 Å². The van der Waals surface area contributed by atoms with E-state index in [1.165, 1.54) is 18.2 Å². The summed E-state index contributed by atoms with van der Waals surface area (Å²) in [7, 11) is 0. The second-order valence-corrected chi connectivity index (χ2v) is 9.14. The van der Waals surface area contributed by atoms with Gasteiger partial charge in [0.05, 0.1) is 24.3 Å². The molecule has 8 nitrogen and oxygen atoms in total. The maximum atomic E-state index is 13.2. The Morgan fingerprint density at radius 3 is 1.90 bits per heavy atom. The average Bonchev–Trinajstić information content (AvgIpc) is 2.89. The molecule has 210 valence electrons. The van der Waals surface area contributed by atoms with E-state index in [0.717, 1.165) is 0 Å². The lowest BCUT2D eigenvalue weighted by Gasteiger charge is -2.26. The van der Waals surface area contributed by atoms with Gasteiger partial charge in [-0.1, -0.05) is 0 Å². The molecule has 0 radical (unpaired) electrons. The van der Waals surface area contributed by atoms with Crippen molar-refractivity contribution in [1.29, 1.82) is 0 Å². The Bertz CT molecular complexity index is 1680. The van der Waals surface area contributed by atoms with Gasteiger partial charge in [-0.2, -0.15) is 26.3 Å². The maximum Gasteiger partial charge on any atom is 0.416 e. The van der Waals surface area contributed by atoms with Gasteiger partial charge in [-0.05, 0) is 35.9 Å². The van der Waals surface area contributed by atoms with Crippen LogP contribution in [-0.4, -0.2) is 31.2 Å². The Hall–Kier alpha value is -4.17. The summed E-state index contributed by atoms with van der Waals surface area (Å²) >= 11 is 0. The number of nitrogens with one attached hydrogen (secondary N) is 2. The van der Waals surface area contributed by atoms with Gasteiger partial charge in [-0.15, -0.1) is 0 Å². The van der Waals surface area contributed by atoms with Crippen molar-refractivity contribution in [2.45, 2.75) is 18.9 Å². The Morgan fingerprint density at radius 2 is 1.32 bits per heavy atom. The number of benzene rings is 2. The van der Waals surface area contributed by atoms with E-state index in [2.05, 4.69) is 15.5 Å². The van der Waals surface area contributed by atoms with Crippen molar-refractivity contribution < 1.29 is 35.5 Å². The monoisotopic (exact) mass is 567 g/mol. The summed E-state index contributed by atoms with van der Waals surface area (Å²) in [5.41, 5.74) is -6.48. The zero-order chi connectivity index (χ0) is 28.8. The molecule has 14 heteroatoms. The third-order valence-corrected chi connectivity index (χ3v) is 6.36. The van der Waals surface area contributed by atoms with Crippen LogP contribution in [0.1, 0.15) is 16.7 Å². The van der Waals surface area contributed by atoms with E-state index in [1.54, 1.807) is 6.07 Å². The van der Waals surface area contributed by atoms with Crippen LogP contribution >= 0.6 is 0 Å². The Labute approximate surface area is 220 Å². The highest BCUT2D eigenvalue weighted by atomic mass is 19.4. The van der Waals surface area contributed by atoms with Crippen LogP contribution in [0, 0.1) is 0 Å². The average molecular weight is 567 g/mol. The Morgan fingerprint density at radius 1 is 0.750 bits per heavy atom. The molecule has 4 aromatic rings. The van der Waals surface area contributed by atoms with Gasteiger partial charge in [0.15, 0.2) is 0 Å². The third-order valence-electron chi connectivity index (χ3n) is 6.36. The number of anilines is 4. The van der Waals surface area contributed by atoms with Crippen molar-refractivity contribution in [2.75, 3.05) is 36.9 Å². The van der Waals surface area contributed by atoms with Gasteiger partial charge in [-0.25, -0.2) is 4.79 Å².